The highest BCUT2D eigenvalue weighted by atomic mass is 19.2. The van der Waals surface area contributed by atoms with Crippen molar-refractivity contribution in [1.82, 2.24) is 5.32 Å². The molecule has 0 radical (unpaired) electrons. The lowest BCUT2D eigenvalue weighted by Crippen LogP contribution is -2.38. The van der Waals surface area contributed by atoms with Crippen molar-refractivity contribution in [2.24, 2.45) is 0 Å². The highest BCUT2D eigenvalue weighted by molar-refractivity contribution is 5.45. The van der Waals surface area contributed by atoms with Gasteiger partial charge in [0.15, 0.2) is 11.6 Å². The van der Waals surface area contributed by atoms with E-state index in [1.165, 1.54) is 6.07 Å². The van der Waals surface area contributed by atoms with Crippen LogP contribution in [0.4, 0.5) is 14.5 Å². The van der Waals surface area contributed by atoms with Gasteiger partial charge in [-0.3, -0.25) is 0 Å². The van der Waals surface area contributed by atoms with Gasteiger partial charge in [-0.05, 0) is 31.5 Å². The Balaban J connectivity index is 2.06. The molecule has 1 aliphatic rings. The fourth-order valence-corrected chi connectivity index (χ4v) is 1.81. The van der Waals surface area contributed by atoms with Gasteiger partial charge in [0.1, 0.15) is 0 Å². The lowest BCUT2D eigenvalue weighted by atomic mass is 10.1. The smallest absolute Gasteiger partial charge is 0.181 e. The molecule has 0 spiro atoms. The van der Waals surface area contributed by atoms with Crippen LogP contribution in [0.15, 0.2) is 18.2 Å². The Bertz CT molecular complexity index is 335. The van der Waals surface area contributed by atoms with Crippen LogP contribution < -0.4 is 10.6 Å². The molecule has 0 saturated carbocycles. The Morgan fingerprint density at radius 3 is 2.93 bits per heavy atom. The van der Waals surface area contributed by atoms with Crippen LogP contribution in [0.2, 0.25) is 0 Å². The van der Waals surface area contributed by atoms with Gasteiger partial charge in [-0.15, -0.1) is 0 Å². The molecular weight excluding hydrogens is 198 g/mol. The first-order chi connectivity index (χ1) is 7.27. The zero-order valence-corrected chi connectivity index (χ0v) is 8.39. The third kappa shape index (κ3) is 2.45. The van der Waals surface area contributed by atoms with Crippen molar-refractivity contribution in [2.75, 3.05) is 18.4 Å². The van der Waals surface area contributed by atoms with Crippen LogP contribution >= 0.6 is 0 Å². The topological polar surface area (TPSA) is 24.1 Å². The third-order valence-corrected chi connectivity index (χ3v) is 2.61. The minimum absolute atomic E-state index is 0.190. The van der Waals surface area contributed by atoms with E-state index in [1.54, 1.807) is 6.07 Å². The monoisotopic (exact) mass is 212 g/mol. The van der Waals surface area contributed by atoms with Crippen molar-refractivity contribution in [3.63, 3.8) is 0 Å². The summed E-state index contributed by atoms with van der Waals surface area (Å²) in [7, 11) is 0. The number of anilines is 1. The first kappa shape index (κ1) is 10.4. The van der Waals surface area contributed by atoms with E-state index in [2.05, 4.69) is 10.6 Å². The molecule has 1 atom stereocenters. The lowest BCUT2D eigenvalue weighted by molar-refractivity contribution is 0.472. The van der Waals surface area contributed by atoms with E-state index in [0.29, 0.717) is 0 Å². The highest BCUT2D eigenvalue weighted by Crippen LogP contribution is 2.18. The molecule has 1 aliphatic heterocycles. The van der Waals surface area contributed by atoms with E-state index < -0.39 is 11.6 Å². The second-order valence-electron chi connectivity index (χ2n) is 3.79. The highest BCUT2D eigenvalue weighted by Gasteiger charge is 2.15. The Morgan fingerprint density at radius 2 is 2.20 bits per heavy atom. The quantitative estimate of drug-likeness (QED) is 0.784. The fraction of sp³-hybridized carbons (Fsp3) is 0.455. The Labute approximate surface area is 87.7 Å². The van der Waals surface area contributed by atoms with Gasteiger partial charge in [-0.25, -0.2) is 8.78 Å². The fourth-order valence-electron chi connectivity index (χ4n) is 1.81. The van der Waals surface area contributed by atoms with Crippen molar-refractivity contribution >= 4 is 5.69 Å². The average Bonchev–Trinajstić information content (AvgIpc) is 2.26. The summed E-state index contributed by atoms with van der Waals surface area (Å²) >= 11 is 0. The summed E-state index contributed by atoms with van der Waals surface area (Å²) in [6.45, 7) is 1.81. The molecule has 82 valence electrons. The molecule has 1 aromatic carbocycles. The number of hydrogen-bond donors (Lipinski definition) is 2. The van der Waals surface area contributed by atoms with Gasteiger partial charge >= 0.3 is 0 Å². The second-order valence-corrected chi connectivity index (χ2v) is 3.79. The van der Waals surface area contributed by atoms with Crippen molar-refractivity contribution in [2.45, 2.75) is 18.9 Å². The van der Waals surface area contributed by atoms with Gasteiger partial charge in [-0.2, -0.15) is 0 Å². The minimum atomic E-state index is -0.802. The predicted octanol–water partition coefficient (Wildman–Crippen LogP) is 2.13. The summed E-state index contributed by atoms with van der Waals surface area (Å²) in [4.78, 5) is 0. The van der Waals surface area contributed by atoms with Gasteiger partial charge < -0.3 is 10.6 Å². The molecule has 1 fully saturated rings. The Morgan fingerprint density at radius 1 is 1.33 bits per heavy atom. The molecule has 0 bridgehead atoms. The minimum Gasteiger partial charge on any atom is -0.379 e. The van der Waals surface area contributed by atoms with Crippen molar-refractivity contribution < 1.29 is 8.78 Å². The molecule has 4 heteroatoms. The molecule has 15 heavy (non-hydrogen) atoms. The van der Waals surface area contributed by atoms with Crippen LogP contribution in [0.3, 0.4) is 0 Å². The maximum absolute atomic E-state index is 13.3. The molecular formula is C11H14F2N2. The summed E-state index contributed by atoms with van der Waals surface area (Å²) < 4.78 is 26.2. The summed E-state index contributed by atoms with van der Waals surface area (Å²) in [6.07, 6.45) is 2.05. The standard InChI is InChI=1S/C11H14F2N2/c12-9-4-1-5-10(11(9)13)15-8-3-2-6-14-7-8/h1,4-5,8,14-15H,2-3,6-7H2. The van der Waals surface area contributed by atoms with Gasteiger partial charge in [0.2, 0.25) is 0 Å². The number of nitrogens with one attached hydrogen (secondary N) is 2. The first-order valence-corrected chi connectivity index (χ1v) is 5.18. The molecule has 0 aliphatic carbocycles. The van der Waals surface area contributed by atoms with Crippen molar-refractivity contribution in [1.29, 1.82) is 0 Å². The van der Waals surface area contributed by atoms with Crippen molar-refractivity contribution in [3.8, 4) is 0 Å². The zero-order chi connectivity index (χ0) is 10.7. The van der Waals surface area contributed by atoms with E-state index in [1.807, 2.05) is 0 Å². The molecule has 2 nitrogen and oxygen atoms in total. The normalized spacial score (nSPS) is 21.3. The average molecular weight is 212 g/mol. The number of hydrogen-bond acceptors (Lipinski definition) is 2. The molecule has 1 unspecified atom stereocenters. The van der Waals surface area contributed by atoms with Crippen LogP contribution in [-0.2, 0) is 0 Å². The van der Waals surface area contributed by atoms with Gasteiger partial charge in [0, 0.05) is 12.6 Å². The van der Waals surface area contributed by atoms with Gasteiger partial charge in [0.05, 0.1) is 5.69 Å². The number of halogens is 2. The number of piperidine rings is 1. The summed E-state index contributed by atoms with van der Waals surface area (Å²) in [5, 5.41) is 6.22. The third-order valence-electron chi connectivity index (χ3n) is 2.61. The predicted molar refractivity (Wildman–Crippen MR) is 55.9 cm³/mol. The van der Waals surface area contributed by atoms with E-state index in [9.17, 15) is 8.78 Å². The summed E-state index contributed by atoms with van der Waals surface area (Å²) in [5.41, 5.74) is 0.253. The Kier molecular flexibility index (Phi) is 3.16. The number of benzene rings is 1. The molecule has 1 aromatic rings. The van der Waals surface area contributed by atoms with Gasteiger partial charge in [-0.1, -0.05) is 6.07 Å². The van der Waals surface area contributed by atoms with Crippen molar-refractivity contribution in [3.05, 3.63) is 29.8 Å². The lowest BCUT2D eigenvalue weighted by Gasteiger charge is -2.24. The summed E-state index contributed by atoms with van der Waals surface area (Å²) in [5.74, 6) is -1.59. The Hall–Kier alpha value is -1.16. The van der Waals surface area contributed by atoms with E-state index in [-0.39, 0.29) is 11.7 Å². The molecule has 2 N–H and O–H groups in total. The van der Waals surface area contributed by atoms with Crippen LogP contribution in [-0.4, -0.2) is 19.1 Å². The number of rotatable bonds is 2. The van der Waals surface area contributed by atoms with E-state index >= 15 is 0 Å². The SMILES string of the molecule is Fc1cccc(NC2CCCNC2)c1F. The summed E-state index contributed by atoms with van der Waals surface area (Å²) in [6, 6.07) is 4.39. The van der Waals surface area contributed by atoms with Crippen LogP contribution in [0.25, 0.3) is 0 Å². The van der Waals surface area contributed by atoms with Crippen LogP contribution in [0, 0.1) is 11.6 Å². The molecule has 1 heterocycles. The second kappa shape index (κ2) is 4.57. The molecule has 1 saturated heterocycles. The largest absolute Gasteiger partial charge is 0.379 e. The molecule has 0 amide bonds. The molecule has 2 rings (SSSR count). The van der Waals surface area contributed by atoms with Crippen LogP contribution in [0.5, 0.6) is 0 Å². The van der Waals surface area contributed by atoms with Crippen LogP contribution in [0.1, 0.15) is 12.8 Å². The first-order valence-electron chi connectivity index (χ1n) is 5.18. The van der Waals surface area contributed by atoms with Gasteiger partial charge in [0.25, 0.3) is 0 Å². The molecule has 0 aromatic heterocycles. The van der Waals surface area contributed by atoms with E-state index in [0.717, 1.165) is 32.0 Å². The maximum Gasteiger partial charge on any atom is 0.181 e. The maximum atomic E-state index is 13.3. The zero-order valence-electron chi connectivity index (χ0n) is 8.39. The van der Waals surface area contributed by atoms with E-state index in [4.69, 9.17) is 0 Å².